The standard InChI is InChI=1S/C16H30O/c1-7-12(3)9-13(4)10-14(5)11-15(6)16(17)8-2/h11-14H,7-10H2,1-6H3. The topological polar surface area (TPSA) is 17.1 Å². The Kier molecular flexibility index (Phi) is 8.20. The van der Waals surface area contributed by atoms with Crippen LogP contribution in [0, 0.1) is 17.8 Å². The zero-order valence-corrected chi connectivity index (χ0v) is 12.5. The Labute approximate surface area is 108 Å². The van der Waals surface area contributed by atoms with Crippen LogP contribution in [0.3, 0.4) is 0 Å². The van der Waals surface area contributed by atoms with Crippen molar-refractivity contribution in [2.75, 3.05) is 0 Å². The fourth-order valence-corrected chi connectivity index (χ4v) is 2.45. The van der Waals surface area contributed by atoms with E-state index in [4.69, 9.17) is 0 Å². The van der Waals surface area contributed by atoms with E-state index < -0.39 is 0 Å². The second-order valence-electron chi connectivity index (χ2n) is 5.69. The highest BCUT2D eigenvalue weighted by Crippen LogP contribution is 2.22. The van der Waals surface area contributed by atoms with E-state index in [0.717, 1.165) is 17.4 Å². The fraction of sp³-hybridized carbons (Fsp3) is 0.812. The molecule has 1 heteroatoms. The van der Waals surface area contributed by atoms with Gasteiger partial charge < -0.3 is 0 Å². The summed E-state index contributed by atoms with van der Waals surface area (Å²) in [7, 11) is 0. The molecule has 0 N–H and O–H groups in total. The van der Waals surface area contributed by atoms with E-state index in [2.05, 4.69) is 33.8 Å². The first kappa shape index (κ1) is 16.4. The van der Waals surface area contributed by atoms with Crippen molar-refractivity contribution in [1.29, 1.82) is 0 Å². The SMILES string of the molecule is CCC(=O)C(C)=CC(C)CC(C)CC(C)CC. The van der Waals surface area contributed by atoms with Crippen LogP contribution in [0.4, 0.5) is 0 Å². The van der Waals surface area contributed by atoms with Crippen LogP contribution in [-0.2, 0) is 4.79 Å². The van der Waals surface area contributed by atoms with Gasteiger partial charge in [0.25, 0.3) is 0 Å². The highest BCUT2D eigenvalue weighted by atomic mass is 16.1. The molecular formula is C16H30O. The largest absolute Gasteiger partial charge is 0.295 e. The summed E-state index contributed by atoms with van der Waals surface area (Å²) in [6.45, 7) is 13.0. The van der Waals surface area contributed by atoms with Gasteiger partial charge in [0.15, 0.2) is 5.78 Å². The fourth-order valence-electron chi connectivity index (χ4n) is 2.45. The molecule has 0 amide bonds. The van der Waals surface area contributed by atoms with Gasteiger partial charge in [-0.15, -0.1) is 0 Å². The molecule has 0 aromatic carbocycles. The van der Waals surface area contributed by atoms with Crippen molar-refractivity contribution in [3.8, 4) is 0 Å². The Morgan fingerprint density at radius 1 is 1.06 bits per heavy atom. The van der Waals surface area contributed by atoms with Gasteiger partial charge in [-0.3, -0.25) is 4.79 Å². The Morgan fingerprint density at radius 2 is 1.65 bits per heavy atom. The lowest BCUT2D eigenvalue weighted by Crippen LogP contribution is -2.07. The molecule has 0 aromatic heterocycles. The summed E-state index contributed by atoms with van der Waals surface area (Å²) in [5.74, 6) is 2.37. The number of rotatable bonds is 8. The zero-order chi connectivity index (χ0) is 13.4. The van der Waals surface area contributed by atoms with E-state index in [9.17, 15) is 4.79 Å². The van der Waals surface area contributed by atoms with E-state index in [-0.39, 0.29) is 5.78 Å². The number of hydrogen-bond donors (Lipinski definition) is 0. The van der Waals surface area contributed by atoms with E-state index >= 15 is 0 Å². The minimum atomic E-state index is 0.284. The van der Waals surface area contributed by atoms with Gasteiger partial charge in [-0.1, -0.05) is 47.1 Å². The molecule has 0 radical (unpaired) electrons. The van der Waals surface area contributed by atoms with Gasteiger partial charge >= 0.3 is 0 Å². The molecule has 0 aliphatic heterocycles. The Hall–Kier alpha value is -0.590. The highest BCUT2D eigenvalue weighted by Gasteiger charge is 2.11. The number of ketones is 1. The van der Waals surface area contributed by atoms with Gasteiger partial charge in [-0.2, -0.15) is 0 Å². The molecule has 17 heavy (non-hydrogen) atoms. The molecule has 0 saturated heterocycles. The summed E-state index contributed by atoms with van der Waals surface area (Å²) in [4.78, 5) is 11.5. The third kappa shape index (κ3) is 7.36. The minimum absolute atomic E-state index is 0.284. The van der Waals surface area contributed by atoms with Crippen LogP contribution < -0.4 is 0 Å². The predicted molar refractivity (Wildman–Crippen MR) is 76.1 cm³/mol. The summed E-state index contributed by atoms with van der Waals surface area (Å²) in [5, 5.41) is 0. The smallest absolute Gasteiger partial charge is 0.157 e. The second kappa shape index (κ2) is 8.49. The van der Waals surface area contributed by atoms with Crippen molar-refractivity contribution < 1.29 is 4.79 Å². The molecule has 0 rings (SSSR count). The Morgan fingerprint density at radius 3 is 2.12 bits per heavy atom. The molecular weight excluding hydrogens is 208 g/mol. The predicted octanol–water partition coefficient (Wildman–Crippen LogP) is 5.01. The second-order valence-corrected chi connectivity index (χ2v) is 5.69. The molecule has 0 aliphatic rings. The molecule has 3 atom stereocenters. The number of allylic oxidation sites excluding steroid dienone is 2. The monoisotopic (exact) mass is 238 g/mol. The highest BCUT2D eigenvalue weighted by molar-refractivity contribution is 5.94. The van der Waals surface area contributed by atoms with Crippen molar-refractivity contribution in [2.45, 2.75) is 67.2 Å². The molecule has 0 aliphatic carbocycles. The Balaban J connectivity index is 4.16. The summed E-state index contributed by atoms with van der Waals surface area (Å²) in [6.07, 6.45) is 6.53. The first-order valence-electron chi connectivity index (χ1n) is 7.12. The average Bonchev–Trinajstić information content (AvgIpc) is 2.26. The number of carbonyl (C=O) groups is 1. The molecule has 3 unspecified atom stereocenters. The van der Waals surface area contributed by atoms with Crippen molar-refractivity contribution in [3.63, 3.8) is 0 Å². The van der Waals surface area contributed by atoms with Crippen LogP contribution in [0.2, 0.25) is 0 Å². The van der Waals surface area contributed by atoms with Crippen molar-refractivity contribution in [2.24, 2.45) is 17.8 Å². The van der Waals surface area contributed by atoms with E-state index in [1.54, 1.807) is 0 Å². The minimum Gasteiger partial charge on any atom is -0.295 e. The normalized spacial score (nSPS) is 17.6. The lowest BCUT2D eigenvalue weighted by molar-refractivity contribution is -0.115. The molecule has 100 valence electrons. The molecule has 0 bridgehead atoms. The molecule has 0 fully saturated rings. The third-order valence-corrected chi connectivity index (χ3v) is 3.57. The summed E-state index contributed by atoms with van der Waals surface area (Å²) >= 11 is 0. The molecule has 0 heterocycles. The van der Waals surface area contributed by atoms with Crippen LogP contribution >= 0.6 is 0 Å². The summed E-state index contributed by atoms with van der Waals surface area (Å²) < 4.78 is 0. The lowest BCUT2D eigenvalue weighted by atomic mass is 9.87. The van der Waals surface area contributed by atoms with Gasteiger partial charge in [0.05, 0.1) is 0 Å². The van der Waals surface area contributed by atoms with E-state index in [1.807, 2.05) is 13.8 Å². The molecule has 0 saturated carbocycles. The van der Waals surface area contributed by atoms with Crippen LogP contribution in [0.25, 0.3) is 0 Å². The van der Waals surface area contributed by atoms with Crippen LogP contribution in [-0.4, -0.2) is 5.78 Å². The van der Waals surface area contributed by atoms with Crippen LogP contribution in [0.1, 0.15) is 67.2 Å². The maximum Gasteiger partial charge on any atom is 0.157 e. The molecule has 1 nitrogen and oxygen atoms in total. The number of Topliss-reactive ketones (excluding diaryl/α,β-unsaturated/α-hetero) is 1. The average molecular weight is 238 g/mol. The van der Waals surface area contributed by atoms with Gasteiger partial charge in [0.1, 0.15) is 0 Å². The maximum atomic E-state index is 11.5. The maximum absolute atomic E-state index is 11.5. The van der Waals surface area contributed by atoms with Crippen molar-refractivity contribution in [3.05, 3.63) is 11.6 Å². The first-order chi connectivity index (χ1) is 7.90. The van der Waals surface area contributed by atoms with Gasteiger partial charge in [-0.05, 0) is 43.1 Å². The zero-order valence-electron chi connectivity index (χ0n) is 12.5. The van der Waals surface area contributed by atoms with Crippen molar-refractivity contribution in [1.82, 2.24) is 0 Å². The quantitative estimate of drug-likeness (QED) is 0.543. The summed E-state index contributed by atoms with van der Waals surface area (Å²) in [5.41, 5.74) is 0.940. The number of hydrogen-bond acceptors (Lipinski definition) is 1. The lowest BCUT2D eigenvalue weighted by Gasteiger charge is -2.18. The first-order valence-corrected chi connectivity index (χ1v) is 7.12. The molecule has 0 spiro atoms. The third-order valence-electron chi connectivity index (χ3n) is 3.57. The Bertz CT molecular complexity index is 252. The van der Waals surface area contributed by atoms with E-state index in [0.29, 0.717) is 12.3 Å². The van der Waals surface area contributed by atoms with Crippen molar-refractivity contribution >= 4 is 5.78 Å². The molecule has 0 aromatic rings. The summed E-state index contributed by atoms with van der Waals surface area (Å²) in [6, 6.07) is 0. The van der Waals surface area contributed by atoms with Gasteiger partial charge in [0.2, 0.25) is 0 Å². The van der Waals surface area contributed by atoms with Crippen LogP contribution in [0.5, 0.6) is 0 Å². The van der Waals surface area contributed by atoms with Gasteiger partial charge in [0, 0.05) is 6.42 Å². The van der Waals surface area contributed by atoms with E-state index in [1.165, 1.54) is 19.3 Å². The van der Waals surface area contributed by atoms with Gasteiger partial charge in [-0.25, -0.2) is 0 Å². The number of carbonyl (C=O) groups excluding carboxylic acids is 1. The van der Waals surface area contributed by atoms with Crippen LogP contribution in [0.15, 0.2) is 11.6 Å².